The summed E-state index contributed by atoms with van der Waals surface area (Å²) in [5.74, 6) is 0.479. The van der Waals surface area contributed by atoms with Gasteiger partial charge in [-0.05, 0) is 23.6 Å². The van der Waals surface area contributed by atoms with Crippen LogP contribution in [-0.2, 0) is 6.54 Å². The number of ether oxygens (including phenoxy) is 1. The summed E-state index contributed by atoms with van der Waals surface area (Å²) in [5, 5.41) is 4.86. The molecule has 0 fully saturated rings. The number of hydrogen-bond donors (Lipinski definition) is 1. The Labute approximate surface area is 104 Å². The van der Waals surface area contributed by atoms with Gasteiger partial charge in [0.2, 0.25) is 0 Å². The van der Waals surface area contributed by atoms with E-state index in [0.717, 1.165) is 4.88 Å². The first kappa shape index (κ1) is 11.7. The van der Waals surface area contributed by atoms with E-state index in [2.05, 4.69) is 5.32 Å². The molecule has 0 atom stereocenters. The van der Waals surface area contributed by atoms with Gasteiger partial charge in [0, 0.05) is 4.88 Å². The normalized spacial score (nSPS) is 9.94. The highest BCUT2D eigenvalue weighted by Gasteiger charge is 2.10. The number of methoxy groups -OCH3 is 1. The molecule has 0 aliphatic carbocycles. The van der Waals surface area contributed by atoms with Crippen molar-refractivity contribution < 1.29 is 9.53 Å². The van der Waals surface area contributed by atoms with Gasteiger partial charge in [-0.3, -0.25) is 4.79 Å². The Kier molecular flexibility index (Phi) is 3.77. The van der Waals surface area contributed by atoms with Gasteiger partial charge in [-0.2, -0.15) is 0 Å². The molecule has 0 radical (unpaired) electrons. The molecule has 3 nitrogen and oxygen atoms in total. The Morgan fingerprint density at radius 1 is 1.29 bits per heavy atom. The monoisotopic (exact) mass is 247 g/mol. The van der Waals surface area contributed by atoms with E-state index in [1.165, 1.54) is 0 Å². The predicted molar refractivity (Wildman–Crippen MR) is 68.5 cm³/mol. The molecule has 0 aliphatic heterocycles. The van der Waals surface area contributed by atoms with E-state index >= 15 is 0 Å². The van der Waals surface area contributed by atoms with Crippen molar-refractivity contribution >= 4 is 17.2 Å². The first-order valence-electron chi connectivity index (χ1n) is 5.25. The van der Waals surface area contributed by atoms with Crippen molar-refractivity contribution in [2.45, 2.75) is 6.54 Å². The maximum atomic E-state index is 11.9. The summed E-state index contributed by atoms with van der Waals surface area (Å²) in [6.07, 6.45) is 0. The van der Waals surface area contributed by atoms with Gasteiger partial charge in [0.1, 0.15) is 5.75 Å². The molecule has 2 rings (SSSR count). The Balaban J connectivity index is 2.04. The third-order valence-electron chi connectivity index (χ3n) is 2.35. The van der Waals surface area contributed by atoms with E-state index in [0.29, 0.717) is 17.9 Å². The quantitative estimate of drug-likeness (QED) is 0.902. The van der Waals surface area contributed by atoms with Crippen LogP contribution in [0, 0.1) is 0 Å². The molecule has 4 heteroatoms. The number of thiophene rings is 1. The van der Waals surface area contributed by atoms with Gasteiger partial charge in [0.25, 0.3) is 5.91 Å². The highest BCUT2D eigenvalue weighted by Crippen LogP contribution is 2.17. The van der Waals surface area contributed by atoms with Crippen molar-refractivity contribution in [3.8, 4) is 5.75 Å². The number of carbonyl (C=O) groups is 1. The molecule has 1 N–H and O–H groups in total. The van der Waals surface area contributed by atoms with Crippen molar-refractivity contribution in [2.24, 2.45) is 0 Å². The lowest BCUT2D eigenvalue weighted by molar-refractivity contribution is 0.0948. The topological polar surface area (TPSA) is 38.3 Å². The van der Waals surface area contributed by atoms with Crippen LogP contribution in [0.1, 0.15) is 15.2 Å². The van der Waals surface area contributed by atoms with Crippen LogP contribution in [0.15, 0.2) is 41.8 Å². The molecule has 1 aromatic carbocycles. The Morgan fingerprint density at radius 2 is 2.12 bits per heavy atom. The largest absolute Gasteiger partial charge is 0.496 e. The van der Waals surface area contributed by atoms with Crippen molar-refractivity contribution in [2.75, 3.05) is 7.11 Å². The van der Waals surface area contributed by atoms with E-state index in [9.17, 15) is 4.79 Å². The lowest BCUT2D eigenvalue weighted by atomic mass is 10.2. The van der Waals surface area contributed by atoms with Crippen LogP contribution in [0.2, 0.25) is 0 Å². The maximum Gasteiger partial charge on any atom is 0.255 e. The van der Waals surface area contributed by atoms with Crippen LogP contribution >= 0.6 is 11.3 Å². The van der Waals surface area contributed by atoms with Crippen molar-refractivity contribution in [1.29, 1.82) is 0 Å². The zero-order valence-corrected chi connectivity index (χ0v) is 10.3. The summed E-state index contributed by atoms with van der Waals surface area (Å²) in [6, 6.07) is 11.2. The smallest absolute Gasteiger partial charge is 0.255 e. The van der Waals surface area contributed by atoms with Gasteiger partial charge >= 0.3 is 0 Å². The number of amides is 1. The van der Waals surface area contributed by atoms with Crippen LogP contribution < -0.4 is 10.1 Å². The van der Waals surface area contributed by atoms with Gasteiger partial charge < -0.3 is 10.1 Å². The fourth-order valence-electron chi connectivity index (χ4n) is 1.51. The van der Waals surface area contributed by atoms with Crippen LogP contribution in [0.3, 0.4) is 0 Å². The molecule has 1 amide bonds. The second-order valence-electron chi connectivity index (χ2n) is 3.46. The lowest BCUT2D eigenvalue weighted by Gasteiger charge is -2.08. The summed E-state index contributed by atoms with van der Waals surface area (Å²) in [5.41, 5.74) is 0.562. The summed E-state index contributed by atoms with van der Waals surface area (Å²) in [6.45, 7) is 0.550. The molecule has 2 aromatic rings. The third kappa shape index (κ3) is 2.85. The highest BCUT2D eigenvalue weighted by atomic mass is 32.1. The molecule has 1 heterocycles. The SMILES string of the molecule is COc1ccccc1C(=O)NCc1cccs1. The molecule has 0 aliphatic rings. The minimum absolute atomic E-state index is 0.115. The second kappa shape index (κ2) is 5.50. The fourth-order valence-corrected chi connectivity index (χ4v) is 2.15. The lowest BCUT2D eigenvalue weighted by Crippen LogP contribution is -2.22. The molecule has 0 spiro atoms. The average molecular weight is 247 g/mol. The van der Waals surface area contributed by atoms with Gasteiger partial charge in [-0.1, -0.05) is 18.2 Å². The van der Waals surface area contributed by atoms with Crippen molar-refractivity contribution in [1.82, 2.24) is 5.32 Å². The number of benzene rings is 1. The summed E-state index contributed by atoms with van der Waals surface area (Å²) in [4.78, 5) is 13.1. The molecule has 88 valence electrons. The molecule has 17 heavy (non-hydrogen) atoms. The summed E-state index contributed by atoms with van der Waals surface area (Å²) >= 11 is 1.62. The maximum absolute atomic E-state index is 11.9. The minimum atomic E-state index is -0.115. The zero-order valence-electron chi connectivity index (χ0n) is 9.47. The minimum Gasteiger partial charge on any atom is -0.496 e. The fraction of sp³-hybridized carbons (Fsp3) is 0.154. The van der Waals surface area contributed by atoms with E-state index in [1.807, 2.05) is 29.6 Å². The first-order chi connectivity index (χ1) is 8.31. The second-order valence-corrected chi connectivity index (χ2v) is 4.49. The first-order valence-corrected chi connectivity index (χ1v) is 6.13. The Bertz CT molecular complexity index is 494. The summed E-state index contributed by atoms with van der Waals surface area (Å²) < 4.78 is 5.15. The van der Waals surface area contributed by atoms with Gasteiger partial charge in [0.15, 0.2) is 0 Å². The number of nitrogens with one attached hydrogen (secondary N) is 1. The molecule has 0 unspecified atom stereocenters. The van der Waals surface area contributed by atoms with Crippen molar-refractivity contribution in [3.05, 3.63) is 52.2 Å². The molecular formula is C13H13NO2S. The molecule has 1 aromatic heterocycles. The van der Waals surface area contributed by atoms with E-state index in [4.69, 9.17) is 4.74 Å². The van der Waals surface area contributed by atoms with Crippen molar-refractivity contribution in [3.63, 3.8) is 0 Å². The van der Waals surface area contributed by atoms with Gasteiger partial charge in [-0.25, -0.2) is 0 Å². The number of para-hydroxylation sites is 1. The van der Waals surface area contributed by atoms with E-state index < -0.39 is 0 Å². The Morgan fingerprint density at radius 3 is 2.82 bits per heavy atom. The van der Waals surface area contributed by atoms with E-state index in [1.54, 1.807) is 30.6 Å². The van der Waals surface area contributed by atoms with Crippen LogP contribution in [0.25, 0.3) is 0 Å². The van der Waals surface area contributed by atoms with Crippen LogP contribution in [-0.4, -0.2) is 13.0 Å². The molecule has 0 saturated carbocycles. The van der Waals surface area contributed by atoms with Crippen LogP contribution in [0.4, 0.5) is 0 Å². The molecule has 0 saturated heterocycles. The third-order valence-corrected chi connectivity index (χ3v) is 3.23. The summed E-state index contributed by atoms with van der Waals surface area (Å²) in [7, 11) is 1.56. The number of hydrogen-bond acceptors (Lipinski definition) is 3. The molecule has 0 bridgehead atoms. The number of carbonyl (C=O) groups excluding carboxylic acids is 1. The predicted octanol–water partition coefficient (Wildman–Crippen LogP) is 2.69. The highest BCUT2D eigenvalue weighted by molar-refractivity contribution is 7.09. The zero-order chi connectivity index (χ0) is 12.1. The van der Waals surface area contributed by atoms with Gasteiger partial charge in [0.05, 0.1) is 19.2 Å². The van der Waals surface area contributed by atoms with Gasteiger partial charge in [-0.15, -0.1) is 11.3 Å². The average Bonchev–Trinajstić information content (AvgIpc) is 2.89. The molecular weight excluding hydrogens is 234 g/mol. The van der Waals surface area contributed by atoms with E-state index in [-0.39, 0.29) is 5.91 Å². The Hall–Kier alpha value is -1.81. The van der Waals surface area contributed by atoms with Crippen LogP contribution in [0.5, 0.6) is 5.75 Å². The standard InChI is InChI=1S/C13H13NO2S/c1-16-12-7-3-2-6-11(12)13(15)14-9-10-5-4-8-17-10/h2-8H,9H2,1H3,(H,14,15). The number of rotatable bonds is 4.